The van der Waals surface area contributed by atoms with Gasteiger partial charge in [-0.2, -0.15) is 0 Å². The summed E-state index contributed by atoms with van der Waals surface area (Å²) in [5, 5.41) is 13.7. The Morgan fingerprint density at radius 1 is 0.700 bits per heavy atom. The molecule has 0 saturated carbocycles. The normalized spacial score (nSPS) is 15.1. The van der Waals surface area contributed by atoms with Crippen molar-refractivity contribution in [3.63, 3.8) is 0 Å². The second-order valence-corrected chi connectivity index (χ2v) is 16.1. The molecule has 8 nitrogen and oxygen atoms in total. The fourth-order valence-electron chi connectivity index (χ4n) is 5.35. The molecule has 3 unspecified atom stereocenters. The molecule has 3 atom stereocenters. The Hall–Kier alpha value is -1.54. The zero-order chi connectivity index (χ0) is 37.2. The maximum absolute atomic E-state index is 12.8. The molecule has 0 spiro atoms. The number of amides is 1. The van der Waals surface area contributed by atoms with Crippen LogP contribution in [0.5, 0.6) is 0 Å². The first-order valence-corrected chi connectivity index (χ1v) is 21.5. The second kappa shape index (κ2) is 33.3. The van der Waals surface area contributed by atoms with E-state index in [1.807, 2.05) is 27.2 Å². The van der Waals surface area contributed by atoms with Gasteiger partial charge in [-0.25, -0.2) is 4.57 Å². The number of hydrogen-bond acceptors (Lipinski definition) is 5. The third-order valence-corrected chi connectivity index (χ3v) is 9.54. The first-order chi connectivity index (χ1) is 24.0. The molecule has 0 radical (unpaired) electrons. The number of aliphatic hydroxyl groups is 1. The topological polar surface area (TPSA) is 105 Å². The highest BCUT2D eigenvalue weighted by Crippen LogP contribution is 2.43. The number of nitrogens with one attached hydrogen (secondary N) is 1. The molecular weight excluding hydrogens is 647 g/mol. The van der Waals surface area contributed by atoms with Gasteiger partial charge in [0.25, 0.3) is 0 Å². The number of allylic oxidation sites excluding steroid dienone is 7. The summed E-state index contributed by atoms with van der Waals surface area (Å²) in [5.74, 6) is -0.192. The number of quaternary nitrogens is 1. The van der Waals surface area contributed by atoms with Crippen LogP contribution in [0.3, 0.4) is 0 Å². The zero-order valence-corrected chi connectivity index (χ0v) is 33.8. The van der Waals surface area contributed by atoms with E-state index in [4.69, 9.17) is 9.05 Å². The Morgan fingerprint density at radius 3 is 1.76 bits per heavy atom. The van der Waals surface area contributed by atoms with Crippen molar-refractivity contribution in [1.29, 1.82) is 0 Å². The van der Waals surface area contributed by atoms with E-state index in [2.05, 4.69) is 55.6 Å². The number of carbonyl (C=O) groups excluding carboxylic acids is 1. The van der Waals surface area contributed by atoms with Crippen molar-refractivity contribution >= 4 is 13.7 Å². The first-order valence-electron chi connectivity index (χ1n) is 20.0. The fraction of sp³-hybridized carbons (Fsp3) is 0.780. The fourth-order valence-corrected chi connectivity index (χ4v) is 6.08. The number of nitrogens with zero attached hydrogens (tertiary/aromatic N) is 1. The van der Waals surface area contributed by atoms with Crippen molar-refractivity contribution in [2.24, 2.45) is 0 Å². The third-order valence-electron chi connectivity index (χ3n) is 8.55. The summed E-state index contributed by atoms with van der Waals surface area (Å²) in [5.41, 5.74) is 0. The lowest BCUT2D eigenvalue weighted by atomic mass is 10.1. The summed E-state index contributed by atoms with van der Waals surface area (Å²) < 4.78 is 23.5. The molecule has 0 aromatic carbocycles. The summed E-state index contributed by atoms with van der Waals surface area (Å²) >= 11 is 0. The van der Waals surface area contributed by atoms with E-state index < -0.39 is 20.0 Å². The maximum atomic E-state index is 12.8. The molecule has 9 heteroatoms. The lowest BCUT2D eigenvalue weighted by Gasteiger charge is -2.25. The smallest absolute Gasteiger partial charge is 0.387 e. The number of hydrogen-bond donors (Lipinski definition) is 3. The molecule has 0 aliphatic rings. The molecule has 0 aliphatic carbocycles. The van der Waals surface area contributed by atoms with Gasteiger partial charge < -0.3 is 19.8 Å². The van der Waals surface area contributed by atoms with Gasteiger partial charge in [0.05, 0.1) is 39.9 Å². The van der Waals surface area contributed by atoms with Crippen LogP contribution >= 0.6 is 7.82 Å². The number of carbonyl (C=O) groups is 1. The second-order valence-electron chi connectivity index (χ2n) is 14.6. The van der Waals surface area contributed by atoms with E-state index in [-0.39, 0.29) is 19.1 Å². The Bertz CT molecular complexity index is 959. The first kappa shape index (κ1) is 48.5. The lowest BCUT2D eigenvalue weighted by Crippen LogP contribution is -2.45. The van der Waals surface area contributed by atoms with E-state index >= 15 is 0 Å². The molecule has 1 amide bonds. The minimum atomic E-state index is -4.33. The monoisotopic (exact) mass is 726 g/mol. The molecule has 0 heterocycles. The van der Waals surface area contributed by atoms with E-state index in [0.717, 1.165) is 70.6 Å². The average Bonchev–Trinajstić information content (AvgIpc) is 3.06. The molecule has 0 fully saturated rings. The average molecular weight is 726 g/mol. The van der Waals surface area contributed by atoms with Gasteiger partial charge in [-0.15, -0.1) is 0 Å². The van der Waals surface area contributed by atoms with E-state index in [1.165, 1.54) is 64.2 Å². The van der Waals surface area contributed by atoms with Crippen LogP contribution in [0.25, 0.3) is 0 Å². The summed E-state index contributed by atoms with van der Waals surface area (Å²) in [7, 11) is 1.55. The molecule has 0 saturated heterocycles. The highest BCUT2D eigenvalue weighted by atomic mass is 31.2. The largest absolute Gasteiger partial charge is 0.472 e. The number of phosphoric acid groups is 1. The van der Waals surface area contributed by atoms with E-state index in [0.29, 0.717) is 17.4 Å². The highest BCUT2D eigenvalue weighted by molar-refractivity contribution is 7.47. The van der Waals surface area contributed by atoms with Gasteiger partial charge in [-0.3, -0.25) is 13.8 Å². The molecule has 0 bridgehead atoms. The molecule has 0 aromatic heterocycles. The molecule has 0 aliphatic heterocycles. The molecule has 0 aromatic rings. The van der Waals surface area contributed by atoms with Crippen molar-refractivity contribution < 1.29 is 32.9 Å². The minimum Gasteiger partial charge on any atom is -0.387 e. The van der Waals surface area contributed by atoms with Gasteiger partial charge in [0.1, 0.15) is 13.2 Å². The van der Waals surface area contributed by atoms with Crippen LogP contribution in [0.15, 0.2) is 48.6 Å². The predicted octanol–water partition coefficient (Wildman–Crippen LogP) is 10.5. The Kier molecular flexibility index (Phi) is 32.3. The van der Waals surface area contributed by atoms with Crippen LogP contribution in [0.1, 0.15) is 155 Å². The Morgan fingerprint density at radius 2 is 1.20 bits per heavy atom. The quantitative estimate of drug-likeness (QED) is 0.0260. The molecule has 0 rings (SSSR count). The summed E-state index contributed by atoms with van der Waals surface area (Å²) in [4.78, 5) is 23.0. The third kappa shape index (κ3) is 34.9. The lowest BCUT2D eigenvalue weighted by molar-refractivity contribution is -0.870. The number of phosphoric ester groups is 1. The molecule has 3 N–H and O–H groups in total. The Balaban J connectivity index is 4.48. The Labute approximate surface area is 308 Å². The maximum Gasteiger partial charge on any atom is 0.472 e. The molecular formula is C41H78N2O6P+. The van der Waals surface area contributed by atoms with Crippen molar-refractivity contribution in [2.75, 3.05) is 40.9 Å². The highest BCUT2D eigenvalue weighted by Gasteiger charge is 2.27. The summed E-state index contributed by atoms with van der Waals surface area (Å²) in [6, 6.07) is -0.850. The van der Waals surface area contributed by atoms with Gasteiger partial charge >= 0.3 is 7.82 Å². The van der Waals surface area contributed by atoms with E-state index in [9.17, 15) is 19.4 Å². The van der Waals surface area contributed by atoms with Gasteiger partial charge in [0, 0.05) is 6.42 Å². The van der Waals surface area contributed by atoms with Crippen LogP contribution in [0.4, 0.5) is 0 Å². The van der Waals surface area contributed by atoms with Crippen LogP contribution in [-0.2, 0) is 18.4 Å². The van der Waals surface area contributed by atoms with Crippen LogP contribution < -0.4 is 5.32 Å². The van der Waals surface area contributed by atoms with Gasteiger partial charge in [0.2, 0.25) is 5.91 Å². The van der Waals surface area contributed by atoms with Crippen LogP contribution in [0, 0.1) is 0 Å². The number of likely N-dealkylation sites (N-methyl/N-ethyl adjacent to an activating group) is 1. The van der Waals surface area contributed by atoms with Crippen molar-refractivity contribution in [3.05, 3.63) is 48.6 Å². The number of unbranched alkanes of at least 4 members (excludes halogenated alkanes) is 16. The van der Waals surface area contributed by atoms with Gasteiger partial charge in [0.15, 0.2) is 0 Å². The van der Waals surface area contributed by atoms with Crippen molar-refractivity contribution in [2.45, 2.75) is 167 Å². The van der Waals surface area contributed by atoms with Gasteiger partial charge in [-0.1, -0.05) is 146 Å². The van der Waals surface area contributed by atoms with Crippen LogP contribution in [-0.4, -0.2) is 73.4 Å². The predicted molar refractivity (Wildman–Crippen MR) is 212 cm³/mol. The van der Waals surface area contributed by atoms with Gasteiger partial charge in [-0.05, 0) is 51.4 Å². The van der Waals surface area contributed by atoms with Crippen molar-refractivity contribution in [1.82, 2.24) is 5.32 Å². The standard InChI is InChI=1S/C41H77N2O6P/c1-6-8-10-12-14-16-18-19-20-21-22-23-25-27-29-31-33-35-41(45)42-39(38-49-50(46,47)48-37-36-43(3,4)5)40(44)34-32-30-28-26-24-17-15-13-11-9-7-2/h8,10,14,16,19-20,32,34,39-40,44H,6-7,9,11-13,15,17-18,21-31,33,35-38H2,1-5H3,(H-,42,45,46,47)/p+1/b10-8-,16-14-,20-19-,34-32+. The summed E-state index contributed by atoms with van der Waals surface area (Å²) in [6.07, 6.45) is 40.3. The van der Waals surface area contributed by atoms with E-state index in [1.54, 1.807) is 6.08 Å². The molecule has 50 heavy (non-hydrogen) atoms. The zero-order valence-electron chi connectivity index (χ0n) is 32.9. The molecule has 292 valence electrons. The number of aliphatic hydroxyl groups excluding tert-OH is 1. The SMILES string of the molecule is CC/C=C\C/C=C\C/C=C\CCCCCCCCCC(=O)NC(COP(=O)(O)OCC[N+](C)(C)C)C(O)/C=C/CCCCCCCCCCC. The summed E-state index contributed by atoms with van der Waals surface area (Å²) in [6.45, 7) is 4.66. The number of rotatable bonds is 35. The minimum absolute atomic E-state index is 0.0575. The van der Waals surface area contributed by atoms with Crippen molar-refractivity contribution in [3.8, 4) is 0 Å². The van der Waals surface area contributed by atoms with Crippen LogP contribution in [0.2, 0.25) is 0 Å².